The number of anilines is 1. The predicted molar refractivity (Wildman–Crippen MR) is 121 cm³/mol. The first-order valence-electron chi connectivity index (χ1n) is 10.7. The van der Waals surface area contributed by atoms with Crippen LogP contribution >= 0.6 is 11.6 Å². The molecule has 1 aromatic rings. The van der Waals surface area contributed by atoms with Gasteiger partial charge in [0.15, 0.2) is 14.1 Å². The zero-order valence-corrected chi connectivity index (χ0v) is 21.0. The number of aromatic nitrogens is 2. The van der Waals surface area contributed by atoms with Crippen molar-refractivity contribution in [2.75, 3.05) is 38.3 Å². The van der Waals surface area contributed by atoms with Gasteiger partial charge < -0.3 is 18.8 Å². The summed E-state index contributed by atoms with van der Waals surface area (Å²) in [5.41, 5.74) is 1.52. The van der Waals surface area contributed by atoms with Crippen LogP contribution in [0.25, 0.3) is 0 Å². The summed E-state index contributed by atoms with van der Waals surface area (Å²) >= 11 is 6.35. The third kappa shape index (κ3) is 5.70. The first-order valence-corrected chi connectivity index (χ1v) is 13.2. The van der Waals surface area contributed by atoms with Gasteiger partial charge in [0.05, 0.1) is 19.3 Å². The second-order valence-corrected chi connectivity index (χ2v) is 14.7. The summed E-state index contributed by atoms with van der Waals surface area (Å²) in [5.74, 6) is 1.39. The Hall–Kier alpha value is -0.733. The van der Waals surface area contributed by atoms with E-state index in [1.165, 1.54) is 0 Å². The van der Waals surface area contributed by atoms with Crippen molar-refractivity contribution in [2.24, 2.45) is 0 Å². The minimum absolute atomic E-state index is 0.164. The van der Waals surface area contributed by atoms with Crippen LogP contribution < -0.4 is 4.90 Å². The Bertz CT molecular complexity index is 638. The summed E-state index contributed by atoms with van der Waals surface area (Å²) in [7, 11) is -0.325. The summed E-state index contributed by atoms with van der Waals surface area (Å²) in [4.78, 5) is 11.4. The van der Waals surface area contributed by atoms with Crippen LogP contribution in [0.2, 0.25) is 21.8 Å². The smallest absolute Gasteiger partial charge is 0.200 e. The van der Waals surface area contributed by atoms with E-state index in [4.69, 9.17) is 30.5 Å². The summed E-state index contributed by atoms with van der Waals surface area (Å²) in [5, 5.41) is 0.422. The van der Waals surface area contributed by atoms with Gasteiger partial charge in [0.1, 0.15) is 17.1 Å². The van der Waals surface area contributed by atoms with Crippen LogP contribution in [0.15, 0.2) is 6.07 Å². The molecule has 2 heterocycles. The lowest BCUT2D eigenvalue weighted by atomic mass is 10.3. The molecule has 29 heavy (non-hydrogen) atoms. The number of ether oxygens (including phenoxy) is 2. The number of nitrogens with zero attached hydrogens (tertiary/aromatic N) is 3. The molecule has 0 aliphatic carbocycles. The van der Waals surface area contributed by atoms with Crippen molar-refractivity contribution in [1.29, 1.82) is 0 Å². The number of halogens is 1. The molecule has 166 valence electrons. The molecule has 2 rings (SSSR count). The van der Waals surface area contributed by atoms with E-state index in [1.807, 2.05) is 6.07 Å². The number of rotatable bonds is 9. The van der Waals surface area contributed by atoms with E-state index >= 15 is 0 Å². The predicted octanol–water partition coefficient (Wildman–Crippen LogP) is 5.23. The van der Waals surface area contributed by atoms with E-state index in [0.29, 0.717) is 40.8 Å². The average Bonchev–Trinajstić information content (AvgIpc) is 2.64. The third-order valence-corrected chi connectivity index (χ3v) is 12.3. The van der Waals surface area contributed by atoms with Crippen LogP contribution in [0, 0.1) is 0 Å². The van der Waals surface area contributed by atoms with Crippen LogP contribution in [0.3, 0.4) is 0 Å². The van der Waals surface area contributed by atoms with Gasteiger partial charge in [-0.1, -0.05) is 53.1 Å². The lowest BCUT2D eigenvalue weighted by molar-refractivity contribution is 0.0442. The summed E-state index contributed by atoms with van der Waals surface area (Å²) in [6, 6.07) is 1.81. The minimum Gasteiger partial charge on any atom is -0.413 e. The van der Waals surface area contributed by atoms with Crippen molar-refractivity contribution in [3.63, 3.8) is 0 Å². The first-order chi connectivity index (χ1) is 13.6. The molecule has 1 aliphatic heterocycles. The highest BCUT2D eigenvalue weighted by Gasteiger charge is 2.45. The molecule has 8 heteroatoms. The van der Waals surface area contributed by atoms with Gasteiger partial charge in [-0.3, -0.25) is 0 Å². The molecule has 1 fully saturated rings. The van der Waals surface area contributed by atoms with Gasteiger partial charge in [-0.05, 0) is 23.5 Å². The molecule has 0 spiro atoms. The highest BCUT2D eigenvalue weighted by molar-refractivity contribution is 6.77. The molecule has 0 amide bonds. The van der Waals surface area contributed by atoms with E-state index in [0.717, 1.165) is 18.9 Å². The average molecular weight is 444 g/mol. The molecule has 1 aromatic heterocycles. The molecule has 0 saturated carbocycles. The normalized spacial score (nSPS) is 19.4. The molecule has 1 aliphatic rings. The molecule has 1 unspecified atom stereocenters. The number of hydrogen-bond acceptors (Lipinski definition) is 6. The number of hydrogen-bond donors (Lipinski definition) is 0. The van der Waals surface area contributed by atoms with Crippen LogP contribution in [0.4, 0.5) is 5.82 Å². The highest BCUT2D eigenvalue weighted by atomic mass is 35.5. The lowest BCUT2D eigenvalue weighted by Gasteiger charge is -2.42. The zero-order chi connectivity index (χ0) is 21.8. The fourth-order valence-electron chi connectivity index (χ4n) is 4.72. The zero-order valence-electron chi connectivity index (χ0n) is 19.2. The van der Waals surface area contributed by atoms with Gasteiger partial charge in [0.2, 0.25) is 0 Å². The summed E-state index contributed by atoms with van der Waals surface area (Å²) in [6.45, 7) is 18.4. The SMILES string of the molecule is COC(CO[Si](C(C)C)(C(C)C)C(C)C)c1nc(Cl)cc(N2CCO[C@@H](C)C2)n1. The van der Waals surface area contributed by atoms with Gasteiger partial charge in [-0.15, -0.1) is 0 Å². The fraction of sp³-hybridized carbons (Fsp3) is 0.810. The van der Waals surface area contributed by atoms with Gasteiger partial charge in [-0.25, -0.2) is 9.97 Å². The van der Waals surface area contributed by atoms with Crippen molar-refractivity contribution in [3.05, 3.63) is 17.0 Å². The topological polar surface area (TPSA) is 56.7 Å². The van der Waals surface area contributed by atoms with Crippen LogP contribution in [-0.2, 0) is 13.9 Å². The van der Waals surface area contributed by atoms with E-state index < -0.39 is 8.32 Å². The Morgan fingerprint density at radius 1 is 1.17 bits per heavy atom. The largest absolute Gasteiger partial charge is 0.413 e. The molecule has 6 nitrogen and oxygen atoms in total. The maximum Gasteiger partial charge on any atom is 0.200 e. The molecule has 1 saturated heterocycles. The van der Waals surface area contributed by atoms with E-state index in [2.05, 4.69) is 58.4 Å². The summed E-state index contributed by atoms with van der Waals surface area (Å²) < 4.78 is 18.1. The Morgan fingerprint density at radius 3 is 2.31 bits per heavy atom. The van der Waals surface area contributed by atoms with Gasteiger partial charge >= 0.3 is 0 Å². The Morgan fingerprint density at radius 2 is 1.79 bits per heavy atom. The van der Waals surface area contributed by atoms with Gasteiger partial charge in [0, 0.05) is 26.3 Å². The molecule has 0 bridgehead atoms. The number of methoxy groups -OCH3 is 1. The summed E-state index contributed by atoms with van der Waals surface area (Å²) in [6.07, 6.45) is -0.189. The van der Waals surface area contributed by atoms with Gasteiger partial charge in [-0.2, -0.15) is 0 Å². The highest BCUT2D eigenvalue weighted by Crippen LogP contribution is 2.42. The van der Waals surface area contributed by atoms with Crippen molar-refractivity contribution >= 4 is 25.7 Å². The standard InChI is InChI=1S/C21H38ClN3O3Si/c1-14(2)29(15(3)4,16(5)6)28-13-18(26-8)21-23-19(22)11-20(24-21)25-9-10-27-17(7)12-25/h11,14-18H,9-10,12-13H2,1-8H3/t17-,18?/m0/s1. The van der Waals surface area contributed by atoms with Crippen LogP contribution in [0.1, 0.15) is 60.4 Å². The number of morpholine rings is 1. The van der Waals surface area contributed by atoms with E-state index in [-0.39, 0.29) is 12.2 Å². The minimum atomic E-state index is -2.00. The van der Waals surface area contributed by atoms with Crippen molar-refractivity contribution in [1.82, 2.24) is 9.97 Å². The molecular formula is C21H38ClN3O3Si. The lowest BCUT2D eigenvalue weighted by Crippen LogP contribution is -2.48. The molecule has 2 atom stereocenters. The van der Waals surface area contributed by atoms with Crippen molar-refractivity contribution in [2.45, 2.75) is 77.3 Å². The third-order valence-electron chi connectivity index (χ3n) is 6.03. The van der Waals surface area contributed by atoms with Gasteiger partial charge in [0.25, 0.3) is 0 Å². The Kier molecular flexibility index (Phi) is 8.91. The first kappa shape index (κ1) is 24.5. The second kappa shape index (κ2) is 10.5. The maximum atomic E-state index is 6.72. The van der Waals surface area contributed by atoms with E-state index in [1.54, 1.807) is 7.11 Å². The molecule has 0 radical (unpaired) electrons. The fourth-order valence-corrected chi connectivity index (χ4v) is 10.3. The Balaban J connectivity index is 2.25. The maximum absolute atomic E-state index is 6.72. The van der Waals surface area contributed by atoms with E-state index in [9.17, 15) is 0 Å². The quantitative estimate of drug-likeness (QED) is 0.384. The van der Waals surface area contributed by atoms with Crippen LogP contribution in [0.5, 0.6) is 0 Å². The van der Waals surface area contributed by atoms with Crippen molar-refractivity contribution < 1.29 is 13.9 Å². The molecular weight excluding hydrogens is 406 g/mol. The van der Waals surface area contributed by atoms with Crippen molar-refractivity contribution in [3.8, 4) is 0 Å². The Labute approximate surface area is 182 Å². The molecule has 0 N–H and O–H groups in total. The van der Waals surface area contributed by atoms with Crippen LogP contribution in [-0.4, -0.2) is 57.8 Å². The second-order valence-electron chi connectivity index (χ2n) is 8.89. The monoisotopic (exact) mass is 443 g/mol. The molecule has 0 aromatic carbocycles.